The molecule has 2 aromatic rings. The van der Waals surface area contributed by atoms with E-state index in [9.17, 15) is 18.7 Å². The highest BCUT2D eigenvalue weighted by Gasteiger charge is 2.33. The fraction of sp³-hybridized carbons (Fsp3) is 0.267. The molecule has 0 saturated carbocycles. The molecule has 0 radical (unpaired) electrons. The molecule has 1 N–H and O–H groups in total. The van der Waals surface area contributed by atoms with Gasteiger partial charge in [0.05, 0.1) is 0 Å². The van der Waals surface area contributed by atoms with Crippen molar-refractivity contribution >= 4 is 17.3 Å². The molecule has 1 aliphatic heterocycles. The summed E-state index contributed by atoms with van der Waals surface area (Å²) in [7, 11) is 0. The second kappa shape index (κ2) is 5.54. The van der Waals surface area contributed by atoms with E-state index in [-0.39, 0.29) is 6.54 Å². The van der Waals surface area contributed by atoms with Gasteiger partial charge in [0.15, 0.2) is 0 Å². The summed E-state index contributed by atoms with van der Waals surface area (Å²) < 4.78 is 26.5. The molecule has 6 heteroatoms. The average Bonchev–Trinajstić information content (AvgIpc) is 2.84. The minimum atomic E-state index is -0.939. The number of fused-ring (bicyclic) bond motifs is 1. The van der Waals surface area contributed by atoms with Gasteiger partial charge in [-0.2, -0.15) is 0 Å². The van der Waals surface area contributed by atoms with Crippen molar-refractivity contribution in [3.63, 3.8) is 0 Å². The quantitative estimate of drug-likeness (QED) is 0.946. The standard InChI is InChI=1S/C15H13F2NO2S/c16-10-5-9(6-11(17)7-10)8-18-3-1-13-12(2-4-21-13)14(18)15(19)20/h2,4-7,14H,1,3,8H2,(H,19,20). The molecule has 21 heavy (non-hydrogen) atoms. The summed E-state index contributed by atoms with van der Waals surface area (Å²) in [5.74, 6) is -2.23. The Bertz CT molecular complexity index is 666. The first-order valence-electron chi connectivity index (χ1n) is 6.52. The summed E-state index contributed by atoms with van der Waals surface area (Å²) in [4.78, 5) is 14.4. The van der Waals surface area contributed by atoms with Crippen LogP contribution in [0, 0.1) is 11.6 Å². The third kappa shape index (κ3) is 2.82. The maximum absolute atomic E-state index is 13.3. The van der Waals surface area contributed by atoms with Crippen LogP contribution in [0.1, 0.15) is 22.0 Å². The third-order valence-corrected chi connectivity index (χ3v) is 4.60. The van der Waals surface area contributed by atoms with Gasteiger partial charge in [0.2, 0.25) is 0 Å². The number of hydrogen-bond acceptors (Lipinski definition) is 3. The van der Waals surface area contributed by atoms with Crippen LogP contribution in [-0.4, -0.2) is 22.5 Å². The van der Waals surface area contributed by atoms with Gasteiger partial charge in [-0.25, -0.2) is 8.78 Å². The van der Waals surface area contributed by atoms with Crippen molar-refractivity contribution in [1.29, 1.82) is 0 Å². The van der Waals surface area contributed by atoms with Gasteiger partial charge in [0.1, 0.15) is 17.7 Å². The summed E-state index contributed by atoms with van der Waals surface area (Å²) in [6.07, 6.45) is 0.759. The molecule has 3 nitrogen and oxygen atoms in total. The molecule has 2 heterocycles. The van der Waals surface area contributed by atoms with E-state index in [1.807, 2.05) is 11.4 Å². The van der Waals surface area contributed by atoms with Crippen LogP contribution in [0.15, 0.2) is 29.6 Å². The summed E-state index contributed by atoms with van der Waals surface area (Å²) in [6, 6.07) is 4.35. The molecule has 0 amide bonds. The van der Waals surface area contributed by atoms with Crippen LogP contribution < -0.4 is 0 Å². The molecule has 1 aromatic carbocycles. The number of halogens is 2. The molecule has 1 aliphatic rings. The highest BCUT2D eigenvalue weighted by molar-refractivity contribution is 7.10. The fourth-order valence-corrected chi connectivity index (χ4v) is 3.67. The van der Waals surface area contributed by atoms with E-state index in [0.29, 0.717) is 12.1 Å². The van der Waals surface area contributed by atoms with Gasteiger partial charge >= 0.3 is 5.97 Å². The van der Waals surface area contributed by atoms with E-state index in [1.165, 1.54) is 12.1 Å². The minimum Gasteiger partial charge on any atom is -0.480 e. The summed E-state index contributed by atoms with van der Waals surface area (Å²) >= 11 is 1.55. The Labute approximate surface area is 124 Å². The summed E-state index contributed by atoms with van der Waals surface area (Å²) in [5.41, 5.74) is 1.23. The molecule has 110 valence electrons. The summed E-state index contributed by atoms with van der Waals surface area (Å²) in [6.45, 7) is 0.767. The molecule has 0 saturated heterocycles. The second-order valence-corrected chi connectivity index (χ2v) is 6.04. The van der Waals surface area contributed by atoms with Crippen molar-refractivity contribution in [2.45, 2.75) is 19.0 Å². The van der Waals surface area contributed by atoms with Gasteiger partial charge in [0, 0.05) is 24.0 Å². The lowest BCUT2D eigenvalue weighted by Crippen LogP contribution is -2.38. The van der Waals surface area contributed by atoms with E-state index in [0.717, 1.165) is 22.9 Å². The smallest absolute Gasteiger partial charge is 0.325 e. The van der Waals surface area contributed by atoms with E-state index in [4.69, 9.17) is 0 Å². The molecule has 1 atom stereocenters. The number of aliphatic carboxylic acids is 1. The Morgan fingerprint density at radius 1 is 1.33 bits per heavy atom. The maximum atomic E-state index is 13.3. The number of nitrogens with zero attached hydrogens (tertiary/aromatic N) is 1. The van der Waals surface area contributed by atoms with Gasteiger partial charge in [-0.3, -0.25) is 9.69 Å². The van der Waals surface area contributed by atoms with Crippen molar-refractivity contribution in [1.82, 2.24) is 4.90 Å². The monoisotopic (exact) mass is 309 g/mol. The topological polar surface area (TPSA) is 40.5 Å². The average molecular weight is 309 g/mol. The highest BCUT2D eigenvalue weighted by Crippen LogP contribution is 2.34. The second-order valence-electron chi connectivity index (χ2n) is 5.04. The van der Waals surface area contributed by atoms with Crippen molar-refractivity contribution in [2.24, 2.45) is 0 Å². The van der Waals surface area contributed by atoms with E-state index in [1.54, 1.807) is 16.2 Å². The highest BCUT2D eigenvalue weighted by atomic mass is 32.1. The van der Waals surface area contributed by atoms with Gasteiger partial charge in [0.25, 0.3) is 0 Å². The third-order valence-electron chi connectivity index (χ3n) is 3.61. The maximum Gasteiger partial charge on any atom is 0.325 e. The van der Waals surface area contributed by atoms with E-state index < -0.39 is 23.6 Å². The zero-order valence-electron chi connectivity index (χ0n) is 11.1. The minimum absolute atomic E-state index is 0.209. The largest absolute Gasteiger partial charge is 0.480 e. The Kier molecular flexibility index (Phi) is 3.73. The Morgan fingerprint density at radius 3 is 2.71 bits per heavy atom. The van der Waals surface area contributed by atoms with Crippen LogP contribution in [0.25, 0.3) is 0 Å². The van der Waals surface area contributed by atoms with Crippen LogP contribution in [-0.2, 0) is 17.8 Å². The molecule has 1 unspecified atom stereocenters. The van der Waals surface area contributed by atoms with Crippen LogP contribution in [0.2, 0.25) is 0 Å². The van der Waals surface area contributed by atoms with Crippen molar-refractivity contribution in [3.05, 3.63) is 57.3 Å². The Morgan fingerprint density at radius 2 is 2.05 bits per heavy atom. The van der Waals surface area contributed by atoms with Crippen molar-refractivity contribution in [2.75, 3.05) is 6.54 Å². The lowest BCUT2D eigenvalue weighted by Gasteiger charge is -2.33. The Balaban J connectivity index is 1.89. The molecule has 0 bridgehead atoms. The first kappa shape index (κ1) is 14.2. The molecule has 0 fully saturated rings. The van der Waals surface area contributed by atoms with Crippen molar-refractivity contribution < 1.29 is 18.7 Å². The lowest BCUT2D eigenvalue weighted by molar-refractivity contribution is -0.144. The van der Waals surface area contributed by atoms with Crippen LogP contribution in [0.5, 0.6) is 0 Å². The van der Waals surface area contributed by atoms with Gasteiger partial charge < -0.3 is 5.11 Å². The first-order valence-corrected chi connectivity index (χ1v) is 7.40. The van der Waals surface area contributed by atoms with E-state index in [2.05, 4.69) is 0 Å². The number of benzene rings is 1. The Hall–Kier alpha value is -1.79. The summed E-state index contributed by atoms with van der Waals surface area (Å²) in [5, 5.41) is 11.4. The number of carboxylic acids is 1. The molecule has 1 aromatic heterocycles. The zero-order chi connectivity index (χ0) is 15.0. The van der Waals surface area contributed by atoms with Crippen LogP contribution in [0.3, 0.4) is 0 Å². The molecular weight excluding hydrogens is 296 g/mol. The number of thiophene rings is 1. The van der Waals surface area contributed by atoms with Gasteiger partial charge in [-0.05, 0) is 41.1 Å². The zero-order valence-corrected chi connectivity index (χ0v) is 11.9. The van der Waals surface area contributed by atoms with Gasteiger partial charge in [-0.1, -0.05) is 0 Å². The molecule has 3 rings (SSSR count). The number of carboxylic acid groups (broad SMARTS) is 1. The molecule has 0 spiro atoms. The van der Waals surface area contributed by atoms with Gasteiger partial charge in [-0.15, -0.1) is 11.3 Å². The lowest BCUT2D eigenvalue weighted by atomic mass is 9.99. The van der Waals surface area contributed by atoms with E-state index >= 15 is 0 Å². The number of carbonyl (C=O) groups is 1. The SMILES string of the molecule is O=C(O)C1c2ccsc2CCN1Cc1cc(F)cc(F)c1. The molecule has 0 aliphatic carbocycles. The number of hydrogen-bond donors (Lipinski definition) is 1. The van der Waals surface area contributed by atoms with Crippen LogP contribution >= 0.6 is 11.3 Å². The number of rotatable bonds is 3. The predicted molar refractivity (Wildman–Crippen MR) is 75.2 cm³/mol. The normalized spacial score (nSPS) is 18.5. The van der Waals surface area contributed by atoms with Crippen LogP contribution in [0.4, 0.5) is 8.78 Å². The molecular formula is C15H13F2NO2S. The predicted octanol–water partition coefficient (Wildman–Crippen LogP) is 3.21. The van der Waals surface area contributed by atoms with Crippen molar-refractivity contribution in [3.8, 4) is 0 Å². The fourth-order valence-electron chi connectivity index (χ4n) is 2.76. The first-order chi connectivity index (χ1) is 10.0.